The first-order valence-electron chi connectivity index (χ1n) is 10.3. The molecule has 5 aromatic rings. The highest BCUT2D eigenvalue weighted by Gasteiger charge is 2.26. The Balaban J connectivity index is 1.32. The SMILES string of the molecule is Cn1c(-c2cn[nH]c2)nc2c(N3CCC(n4c(=O)[nH]c5ccccc54)CC3)ncnc21. The minimum absolute atomic E-state index is 0.0430. The predicted octanol–water partition coefficient (Wildman–Crippen LogP) is 2.24. The van der Waals surface area contributed by atoms with E-state index in [1.165, 1.54) is 0 Å². The maximum Gasteiger partial charge on any atom is 0.326 e. The molecule has 10 nitrogen and oxygen atoms in total. The predicted molar refractivity (Wildman–Crippen MR) is 117 cm³/mol. The molecule has 31 heavy (non-hydrogen) atoms. The molecule has 0 spiro atoms. The number of aryl methyl sites for hydroxylation is 1. The second-order valence-electron chi connectivity index (χ2n) is 7.89. The summed E-state index contributed by atoms with van der Waals surface area (Å²) < 4.78 is 3.86. The van der Waals surface area contributed by atoms with Gasteiger partial charge in [0.05, 0.1) is 22.8 Å². The molecule has 0 amide bonds. The highest BCUT2D eigenvalue weighted by molar-refractivity contribution is 5.86. The molecule has 156 valence electrons. The molecule has 0 aliphatic carbocycles. The van der Waals surface area contributed by atoms with Crippen LogP contribution in [-0.2, 0) is 7.05 Å². The summed E-state index contributed by atoms with van der Waals surface area (Å²) in [6.07, 6.45) is 6.87. The molecule has 10 heteroatoms. The van der Waals surface area contributed by atoms with Crippen LogP contribution < -0.4 is 10.6 Å². The maximum atomic E-state index is 12.6. The van der Waals surface area contributed by atoms with Crippen molar-refractivity contribution in [2.45, 2.75) is 18.9 Å². The molecule has 4 aromatic heterocycles. The third-order valence-corrected chi connectivity index (χ3v) is 6.15. The number of rotatable bonds is 3. The van der Waals surface area contributed by atoms with Crippen molar-refractivity contribution in [3.63, 3.8) is 0 Å². The third-order valence-electron chi connectivity index (χ3n) is 6.15. The number of nitrogens with one attached hydrogen (secondary N) is 2. The Morgan fingerprint density at radius 1 is 1.13 bits per heavy atom. The number of aromatic nitrogens is 8. The zero-order valence-corrected chi connectivity index (χ0v) is 17.0. The van der Waals surface area contributed by atoms with Gasteiger partial charge in [-0.2, -0.15) is 5.10 Å². The Labute approximate surface area is 176 Å². The Kier molecular flexibility index (Phi) is 3.92. The second kappa shape index (κ2) is 6.79. The summed E-state index contributed by atoms with van der Waals surface area (Å²) in [5.41, 5.74) is 4.28. The number of aromatic amines is 2. The average molecular weight is 415 g/mol. The fourth-order valence-corrected chi connectivity index (χ4v) is 4.62. The fraction of sp³-hybridized carbons (Fsp3) is 0.286. The van der Waals surface area contributed by atoms with Crippen LogP contribution in [0.15, 0.2) is 47.8 Å². The van der Waals surface area contributed by atoms with Gasteiger partial charge >= 0.3 is 5.69 Å². The highest BCUT2D eigenvalue weighted by atomic mass is 16.1. The van der Waals surface area contributed by atoms with E-state index in [2.05, 4.69) is 30.0 Å². The summed E-state index contributed by atoms with van der Waals surface area (Å²) in [4.78, 5) is 31.6. The first-order chi connectivity index (χ1) is 15.2. The third kappa shape index (κ3) is 2.75. The summed E-state index contributed by atoms with van der Waals surface area (Å²) in [6.45, 7) is 1.58. The molecule has 0 atom stereocenters. The lowest BCUT2D eigenvalue weighted by atomic mass is 10.0. The number of benzene rings is 1. The molecule has 1 saturated heterocycles. The van der Waals surface area contributed by atoms with E-state index in [-0.39, 0.29) is 11.7 Å². The monoisotopic (exact) mass is 415 g/mol. The number of para-hydroxylation sites is 2. The lowest BCUT2D eigenvalue weighted by Gasteiger charge is -2.33. The fourth-order valence-electron chi connectivity index (χ4n) is 4.62. The topological polar surface area (TPSA) is 113 Å². The van der Waals surface area contributed by atoms with Gasteiger partial charge in [0.1, 0.15) is 12.2 Å². The van der Waals surface area contributed by atoms with E-state index < -0.39 is 0 Å². The van der Waals surface area contributed by atoms with Crippen LogP contribution in [0, 0.1) is 0 Å². The quantitative estimate of drug-likeness (QED) is 0.467. The number of nitrogens with zero attached hydrogens (tertiary/aromatic N) is 7. The molecular weight excluding hydrogens is 394 g/mol. The number of imidazole rings is 2. The zero-order valence-electron chi connectivity index (χ0n) is 17.0. The highest BCUT2D eigenvalue weighted by Crippen LogP contribution is 2.31. The number of piperidine rings is 1. The molecule has 1 aliphatic heterocycles. The van der Waals surface area contributed by atoms with Crippen molar-refractivity contribution in [3.8, 4) is 11.4 Å². The van der Waals surface area contributed by atoms with Crippen LogP contribution in [0.1, 0.15) is 18.9 Å². The van der Waals surface area contributed by atoms with E-state index >= 15 is 0 Å². The van der Waals surface area contributed by atoms with Gasteiger partial charge in [-0.15, -0.1) is 0 Å². The summed E-state index contributed by atoms with van der Waals surface area (Å²) in [5.74, 6) is 1.63. The number of fused-ring (bicyclic) bond motifs is 2. The number of hydrogen-bond donors (Lipinski definition) is 2. The normalized spacial score (nSPS) is 15.3. The summed E-state index contributed by atoms with van der Waals surface area (Å²) >= 11 is 0. The molecule has 5 heterocycles. The van der Waals surface area contributed by atoms with Crippen LogP contribution in [0.4, 0.5) is 5.82 Å². The Morgan fingerprint density at radius 3 is 2.77 bits per heavy atom. The standard InChI is InChI=1S/C21H21N9O/c1-28-18(13-10-24-25-11-13)27-17-19(28)22-12-23-20(17)29-8-6-14(7-9-29)30-16-5-3-2-4-15(16)26-21(30)31/h2-5,10-12,14H,6-9H2,1H3,(H,24,25)(H,26,31). The minimum atomic E-state index is -0.0430. The summed E-state index contributed by atoms with van der Waals surface area (Å²) in [6, 6.07) is 8.01. The second-order valence-corrected chi connectivity index (χ2v) is 7.89. The molecule has 1 fully saturated rings. The van der Waals surface area contributed by atoms with Gasteiger partial charge in [0.15, 0.2) is 17.0 Å². The number of H-pyrrole nitrogens is 2. The van der Waals surface area contributed by atoms with Gasteiger partial charge in [-0.05, 0) is 25.0 Å². The van der Waals surface area contributed by atoms with E-state index in [9.17, 15) is 4.79 Å². The van der Waals surface area contributed by atoms with Crippen LogP contribution in [-0.4, -0.2) is 52.4 Å². The van der Waals surface area contributed by atoms with Crippen LogP contribution >= 0.6 is 0 Å². The van der Waals surface area contributed by atoms with Gasteiger partial charge in [0, 0.05) is 32.4 Å². The molecule has 2 N–H and O–H groups in total. The van der Waals surface area contributed by atoms with Gasteiger partial charge in [-0.3, -0.25) is 9.67 Å². The van der Waals surface area contributed by atoms with Crippen molar-refractivity contribution < 1.29 is 0 Å². The van der Waals surface area contributed by atoms with E-state index in [1.54, 1.807) is 12.5 Å². The Hall–Kier alpha value is -3.95. The van der Waals surface area contributed by atoms with Crippen molar-refractivity contribution in [1.82, 2.24) is 39.3 Å². The molecular formula is C21H21N9O. The van der Waals surface area contributed by atoms with E-state index in [4.69, 9.17) is 4.98 Å². The van der Waals surface area contributed by atoms with Crippen molar-refractivity contribution in [2.75, 3.05) is 18.0 Å². The molecule has 1 aliphatic rings. The van der Waals surface area contributed by atoms with Crippen molar-refractivity contribution in [3.05, 3.63) is 53.5 Å². The first-order valence-corrected chi connectivity index (χ1v) is 10.3. The lowest BCUT2D eigenvalue weighted by Crippen LogP contribution is -2.37. The van der Waals surface area contributed by atoms with Gasteiger partial charge in [-0.1, -0.05) is 12.1 Å². The summed E-state index contributed by atoms with van der Waals surface area (Å²) in [5, 5.41) is 6.86. The first kappa shape index (κ1) is 17.9. The smallest absolute Gasteiger partial charge is 0.326 e. The lowest BCUT2D eigenvalue weighted by molar-refractivity contribution is 0.395. The van der Waals surface area contributed by atoms with E-state index in [1.807, 2.05) is 46.6 Å². The number of anilines is 1. The van der Waals surface area contributed by atoms with Crippen molar-refractivity contribution in [1.29, 1.82) is 0 Å². The molecule has 1 aromatic carbocycles. The van der Waals surface area contributed by atoms with Crippen LogP contribution in [0.25, 0.3) is 33.6 Å². The van der Waals surface area contributed by atoms with Gasteiger partial charge < -0.3 is 14.5 Å². The van der Waals surface area contributed by atoms with Gasteiger partial charge in [0.2, 0.25) is 0 Å². The Bertz CT molecular complexity index is 1440. The number of hydrogen-bond acceptors (Lipinski definition) is 6. The zero-order chi connectivity index (χ0) is 20.9. The largest absolute Gasteiger partial charge is 0.355 e. The average Bonchev–Trinajstić information content (AvgIpc) is 3.51. The van der Waals surface area contributed by atoms with Gasteiger partial charge in [0.25, 0.3) is 0 Å². The Morgan fingerprint density at radius 2 is 1.97 bits per heavy atom. The molecule has 0 bridgehead atoms. The van der Waals surface area contributed by atoms with E-state index in [0.717, 1.165) is 65.3 Å². The minimum Gasteiger partial charge on any atom is -0.355 e. The molecule has 0 radical (unpaired) electrons. The van der Waals surface area contributed by atoms with Gasteiger partial charge in [-0.25, -0.2) is 19.7 Å². The molecule has 6 rings (SSSR count). The van der Waals surface area contributed by atoms with Crippen molar-refractivity contribution >= 4 is 28.0 Å². The molecule has 0 unspecified atom stereocenters. The van der Waals surface area contributed by atoms with Crippen molar-refractivity contribution in [2.24, 2.45) is 7.05 Å². The maximum absolute atomic E-state index is 12.6. The molecule has 0 saturated carbocycles. The van der Waals surface area contributed by atoms with Crippen LogP contribution in [0.5, 0.6) is 0 Å². The van der Waals surface area contributed by atoms with Crippen LogP contribution in [0.2, 0.25) is 0 Å². The van der Waals surface area contributed by atoms with Crippen LogP contribution in [0.3, 0.4) is 0 Å². The summed E-state index contributed by atoms with van der Waals surface area (Å²) in [7, 11) is 1.95. The van der Waals surface area contributed by atoms with E-state index in [0.29, 0.717) is 0 Å².